The molecular weight excluding hydrogens is 637 g/mol. The van der Waals surface area contributed by atoms with Gasteiger partial charge in [0.15, 0.2) is 0 Å². The number of rotatable bonds is 8. The van der Waals surface area contributed by atoms with Crippen molar-refractivity contribution < 1.29 is 0 Å². The molecule has 2 aliphatic rings. The molecule has 10 heteroatoms. The van der Waals surface area contributed by atoms with Gasteiger partial charge in [0.2, 0.25) is 0 Å². The number of pyridine rings is 2. The maximum atomic E-state index is 9.04. The second-order valence-corrected chi connectivity index (χ2v) is 13.2. The molecule has 0 bridgehead atoms. The van der Waals surface area contributed by atoms with Crippen LogP contribution in [0.1, 0.15) is 41.5 Å². The van der Waals surface area contributed by atoms with Gasteiger partial charge in [0.1, 0.15) is 5.82 Å². The van der Waals surface area contributed by atoms with E-state index in [-0.39, 0.29) is 5.92 Å². The van der Waals surface area contributed by atoms with Crippen molar-refractivity contribution >= 4 is 68.8 Å². The molecule has 0 amide bonds. The maximum absolute atomic E-state index is 9.04. The fraction of sp³-hybridized carbons (Fsp3) is 0.370. The number of nitrogens with one attached hydrogen (secondary N) is 2. The zero-order valence-corrected chi connectivity index (χ0v) is 25.5. The van der Waals surface area contributed by atoms with Gasteiger partial charge >= 0.3 is 0 Å². The van der Waals surface area contributed by atoms with Gasteiger partial charge in [-0.15, -0.1) is 0 Å². The van der Waals surface area contributed by atoms with Crippen LogP contribution in [-0.2, 0) is 6.42 Å². The van der Waals surface area contributed by atoms with Crippen molar-refractivity contribution in [1.29, 1.82) is 5.41 Å². The summed E-state index contributed by atoms with van der Waals surface area (Å²) in [6, 6.07) is 10.4. The Morgan fingerprint density at radius 3 is 2.54 bits per heavy atom. The summed E-state index contributed by atoms with van der Waals surface area (Å²) in [5.74, 6) is 1.10. The van der Waals surface area contributed by atoms with Crippen LogP contribution < -0.4 is 9.99 Å². The van der Waals surface area contributed by atoms with Gasteiger partial charge in [-0.1, -0.05) is 36.2 Å². The van der Waals surface area contributed by atoms with Crippen molar-refractivity contribution in [2.45, 2.75) is 25.7 Å². The molecule has 5 rings (SSSR count). The molecule has 2 atom stereocenters. The molecule has 6 nitrogen and oxygen atoms in total. The largest absolute Gasteiger partial charge is 0.358 e. The van der Waals surface area contributed by atoms with Crippen LogP contribution >= 0.6 is 51.6 Å². The highest BCUT2D eigenvalue weighted by Crippen LogP contribution is 2.41. The molecule has 1 aromatic carbocycles. The number of aromatic nitrogens is 2. The number of anilines is 2. The lowest BCUT2D eigenvalue weighted by molar-refractivity contribution is 0.216. The molecule has 1 spiro atoms. The Bertz CT molecular complexity index is 1280. The van der Waals surface area contributed by atoms with E-state index in [2.05, 4.69) is 80.1 Å². The highest BCUT2D eigenvalue weighted by molar-refractivity contribution is 14.2. The first-order chi connectivity index (χ1) is 17.8. The summed E-state index contributed by atoms with van der Waals surface area (Å²) in [7, 11) is 2.21. The highest BCUT2D eigenvalue weighted by atomic mass is 127. The first kappa shape index (κ1) is 27.1. The van der Waals surface area contributed by atoms with Crippen LogP contribution in [0.3, 0.4) is 0 Å². The van der Waals surface area contributed by atoms with Crippen LogP contribution in [0.4, 0.5) is 11.5 Å². The molecule has 3 aromatic rings. The van der Waals surface area contributed by atoms with Crippen LogP contribution in [-0.4, -0.2) is 53.8 Å². The van der Waals surface area contributed by atoms with E-state index >= 15 is 0 Å². The Balaban J connectivity index is 1.33. The fourth-order valence-corrected chi connectivity index (χ4v) is 7.58. The molecule has 194 valence electrons. The van der Waals surface area contributed by atoms with Crippen molar-refractivity contribution in [3.8, 4) is 0 Å². The molecule has 2 aromatic heterocycles. The second-order valence-electron chi connectivity index (χ2n) is 10.3. The van der Waals surface area contributed by atoms with Gasteiger partial charge in [-0.25, -0.2) is 4.98 Å². The number of hydrogen-bond acceptors (Lipinski definition) is 6. The lowest BCUT2D eigenvalue weighted by Gasteiger charge is -2.48. The Kier molecular flexibility index (Phi) is 8.27. The van der Waals surface area contributed by atoms with Crippen molar-refractivity contribution in [3.63, 3.8) is 0 Å². The zero-order valence-electron chi connectivity index (χ0n) is 20.9. The summed E-state index contributed by atoms with van der Waals surface area (Å²) in [5, 5.41) is 13.6. The number of halogens is 3. The maximum Gasteiger partial charge on any atom is 0.128 e. The Morgan fingerprint density at radius 1 is 1.16 bits per heavy atom. The second kappa shape index (κ2) is 11.3. The normalized spacial score (nSPS) is 17.9. The quantitative estimate of drug-likeness (QED) is 0.153. The molecule has 0 radical (unpaired) electrons. The van der Waals surface area contributed by atoms with Gasteiger partial charge in [-0.2, -0.15) is 0 Å². The molecule has 2 N–H and O–H groups in total. The molecule has 2 aliphatic heterocycles. The van der Waals surface area contributed by atoms with Crippen molar-refractivity contribution in [1.82, 2.24) is 14.9 Å². The lowest BCUT2D eigenvalue weighted by atomic mass is 9.79. The van der Waals surface area contributed by atoms with Crippen LogP contribution in [0.15, 0.2) is 48.9 Å². The number of likely N-dealkylation sites (tertiary alicyclic amines) is 1. The summed E-state index contributed by atoms with van der Waals surface area (Å²) >= 11 is 15.1. The van der Waals surface area contributed by atoms with E-state index in [1.165, 1.54) is 19.5 Å². The third kappa shape index (κ3) is 5.76. The van der Waals surface area contributed by atoms with Crippen LogP contribution in [0, 0.1) is 10.8 Å². The number of benzene rings is 1. The SMILES string of the molecule is C[C@@H](Cc1ccc(NPI)c(C(=N)c2ccc(N3CC4(CCN(C)C4)C3)nc2)c1)c1c(Cl)cncc1Cl. The molecule has 1 unspecified atom stereocenters. The molecule has 4 heterocycles. The molecule has 0 saturated carbocycles. The minimum atomic E-state index is 0.107. The van der Waals surface area contributed by atoms with Gasteiger partial charge in [0, 0.05) is 66.8 Å². The third-order valence-electron chi connectivity index (χ3n) is 7.50. The van der Waals surface area contributed by atoms with Gasteiger partial charge in [-0.3, -0.25) is 10.4 Å². The van der Waals surface area contributed by atoms with Crippen LogP contribution in [0.25, 0.3) is 0 Å². The van der Waals surface area contributed by atoms with E-state index in [0.717, 1.165) is 53.3 Å². The summed E-state index contributed by atoms with van der Waals surface area (Å²) in [6.45, 7) is 6.61. The first-order valence-corrected chi connectivity index (χ1v) is 17.2. The van der Waals surface area contributed by atoms with E-state index in [1.54, 1.807) is 12.4 Å². The molecule has 37 heavy (non-hydrogen) atoms. The van der Waals surface area contributed by atoms with Crippen molar-refractivity contribution in [2.75, 3.05) is 43.2 Å². The Hall–Kier alpha value is -1.51. The van der Waals surface area contributed by atoms with Crippen LogP contribution in [0.5, 0.6) is 0 Å². The summed E-state index contributed by atoms with van der Waals surface area (Å²) in [5.41, 5.74) is 5.55. The minimum Gasteiger partial charge on any atom is -0.358 e. The van der Waals surface area contributed by atoms with Crippen LogP contribution in [0.2, 0.25) is 10.0 Å². The van der Waals surface area contributed by atoms with Gasteiger partial charge in [-0.05, 0) is 89.8 Å². The zero-order chi connectivity index (χ0) is 26.2. The lowest BCUT2D eigenvalue weighted by Crippen LogP contribution is -2.57. The van der Waals surface area contributed by atoms with Gasteiger partial charge in [0.05, 0.1) is 15.8 Å². The highest BCUT2D eigenvalue weighted by Gasteiger charge is 2.47. The van der Waals surface area contributed by atoms with Crippen molar-refractivity contribution in [3.05, 3.63) is 81.2 Å². The molecule has 0 aliphatic carbocycles. The van der Waals surface area contributed by atoms with E-state index in [0.29, 0.717) is 27.5 Å². The average molecular weight is 667 g/mol. The van der Waals surface area contributed by atoms with Gasteiger partial charge < -0.3 is 14.9 Å². The fourth-order valence-electron chi connectivity index (χ4n) is 5.65. The molecular formula is C27H30Cl2IN6P. The number of nitrogens with zero attached hydrogens (tertiary/aromatic N) is 4. The first-order valence-electron chi connectivity index (χ1n) is 12.3. The van der Waals surface area contributed by atoms with Gasteiger partial charge in [0.25, 0.3) is 0 Å². The number of hydrogen-bond donors (Lipinski definition) is 2. The Morgan fingerprint density at radius 2 is 1.92 bits per heavy atom. The van der Waals surface area contributed by atoms with E-state index < -0.39 is 0 Å². The summed E-state index contributed by atoms with van der Waals surface area (Å²) < 4.78 is 0. The van der Waals surface area contributed by atoms with E-state index in [1.807, 2.05) is 12.3 Å². The van der Waals surface area contributed by atoms with E-state index in [9.17, 15) is 0 Å². The standard InChI is InChI=1S/C27H30Cl2IN6P/c1-17(25-21(28)12-32-13-22(25)29)9-18-3-5-23(34-37-30)20(10-18)26(31)19-4-6-24(33-11-19)36-15-27(16-36)7-8-35(2)14-27/h3-6,10-13,17,31,34,37H,7-9,14-16H2,1-2H3/t17-/m0/s1. The topological polar surface area (TPSA) is 68.1 Å². The summed E-state index contributed by atoms with van der Waals surface area (Å²) in [6.07, 6.45) is 7.63. The third-order valence-corrected chi connectivity index (χ3v) is 9.28. The van der Waals surface area contributed by atoms with E-state index in [4.69, 9.17) is 33.6 Å². The molecule has 2 fully saturated rings. The molecule has 2 saturated heterocycles. The average Bonchev–Trinajstić information content (AvgIpc) is 3.26. The smallest absolute Gasteiger partial charge is 0.128 e. The predicted octanol–water partition coefficient (Wildman–Crippen LogP) is 7.04. The summed E-state index contributed by atoms with van der Waals surface area (Å²) in [4.78, 5) is 13.6. The predicted molar refractivity (Wildman–Crippen MR) is 166 cm³/mol. The minimum absolute atomic E-state index is 0.107. The Labute approximate surface area is 243 Å². The van der Waals surface area contributed by atoms with Crippen molar-refractivity contribution in [2.24, 2.45) is 5.41 Å². The monoisotopic (exact) mass is 666 g/mol.